The molecule has 0 saturated heterocycles. The zero-order valence-corrected chi connectivity index (χ0v) is 15.8. The smallest absolute Gasteiger partial charge is 0.237 e. The number of carbonyl (C=O) groups excluding carboxylic acids is 1. The lowest BCUT2D eigenvalue weighted by molar-refractivity contribution is -0.123. The summed E-state index contributed by atoms with van der Waals surface area (Å²) in [7, 11) is 0. The van der Waals surface area contributed by atoms with Crippen LogP contribution in [0, 0.1) is 18.7 Å². The van der Waals surface area contributed by atoms with Gasteiger partial charge in [-0.15, -0.1) is 12.4 Å². The van der Waals surface area contributed by atoms with Crippen LogP contribution in [0.2, 0.25) is 0 Å². The summed E-state index contributed by atoms with van der Waals surface area (Å²) in [6.07, 6.45) is 2.37. The highest BCUT2D eigenvalue weighted by Gasteiger charge is 2.20. The van der Waals surface area contributed by atoms with Crippen LogP contribution in [0.1, 0.15) is 44.5 Å². The third kappa shape index (κ3) is 5.28. The molecule has 0 aliphatic rings. The van der Waals surface area contributed by atoms with Crippen molar-refractivity contribution in [3.63, 3.8) is 0 Å². The van der Waals surface area contributed by atoms with Crippen LogP contribution < -0.4 is 11.1 Å². The van der Waals surface area contributed by atoms with Crippen LogP contribution in [0.25, 0.3) is 5.69 Å². The molecule has 0 aliphatic carbocycles. The Kier molecular flexibility index (Phi) is 7.58. The van der Waals surface area contributed by atoms with Gasteiger partial charge in [0.1, 0.15) is 5.82 Å². The molecule has 1 aromatic carbocycles. The summed E-state index contributed by atoms with van der Waals surface area (Å²) in [6, 6.07) is 5.41. The van der Waals surface area contributed by atoms with Crippen molar-refractivity contribution in [3.8, 4) is 5.69 Å². The molecule has 0 spiro atoms. The number of nitrogens with two attached hydrogens (primary N) is 1. The predicted octanol–water partition coefficient (Wildman–Crippen LogP) is 3.29. The maximum absolute atomic E-state index is 13.1. The number of nitrogens with zero attached hydrogens (tertiary/aromatic N) is 2. The van der Waals surface area contributed by atoms with E-state index in [0.717, 1.165) is 16.9 Å². The molecule has 1 aromatic heterocycles. The highest BCUT2D eigenvalue weighted by atomic mass is 35.5. The van der Waals surface area contributed by atoms with Gasteiger partial charge < -0.3 is 11.1 Å². The molecular weight excluding hydrogens is 343 g/mol. The molecule has 0 bridgehead atoms. The maximum atomic E-state index is 13.1. The van der Waals surface area contributed by atoms with Gasteiger partial charge in [0.2, 0.25) is 5.91 Å². The van der Waals surface area contributed by atoms with E-state index < -0.39 is 6.04 Å². The first-order chi connectivity index (χ1) is 11.3. The van der Waals surface area contributed by atoms with Crippen molar-refractivity contribution >= 4 is 18.3 Å². The highest BCUT2D eigenvalue weighted by Crippen LogP contribution is 2.20. The SMILES string of the molecule is Cc1c(C(C)NC(=O)[C@@H](N)CC(C)C)cnn1-c1ccc(F)cc1.Cl. The number of aromatic nitrogens is 2. The summed E-state index contributed by atoms with van der Waals surface area (Å²) in [6.45, 7) is 7.89. The number of amides is 1. The summed E-state index contributed by atoms with van der Waals surface area (Å²) >= 11 is 0. The van der Waals surface area contributed by atoms with Crippen molar-refractivity contribution in [1.82, 2.24) is 15.1 Å². The molecule has 0 fully saturated rings. The second kappa shape index (κ2) is 8.97. The lowest BCUT2D eigenvalue weighted by atomic mass is 10.0. The van der Waals surface area contributed by atoms with Crippen molar-refractivity contribution in [2.75, 3.05) is 0 Å². The van der Waals surface area contributed by atoms with Crippen LogP contribution in [0.3, 0.4) is 0 Å². The van der Waals surface area contributed by atoms with E-state index in [1.165, 1.54) is 12.1 Å². The zero-order valence-electron chi connectivity index (χ0n) is 15.0. The van der Waals surface area contributed by atoms with Crippen molar-refractivity contribution in [2.45, 2.75) is 46.2 Å². The van der Waals surface area contributed by atoms with Crippen molar-refractivity contribution in [3.05, 3.63) is 47.5 Å². The molecule has 2 atom stereocenters. The normalized spacial score (nSPS) is 13.2. The van der Waals surface area contributed by atoms with Crippen LogP contribution in [0.15, 0.2) is 30.5 Å². The maximum Gasteiger partial charge on any atom is 0.237 e. The number of halogens is 2. The third-order valence-electron chi connectivity index (χ3n) is 4.01. The Morgan fingerprint density at radius 1 is 1.28 bits per heavy atom. The van der Waals surface area contributed by atoms with Crippen molar-refractivity contribution < 1.29 is 9.18 Å². The van der Waals surface area contributed by atoms with Gasteiger partial charge in [-0.2, -0.15) is 5.10 Å². The van der Waals surface area contributed by atoms with Gasteiger partial charge in [-0.1, -0.05) is 13.8 Å². The second-order valence-electron chi connectivity index (χ2n) is 6.54. The third-order valence-corrected chi connectivity index (χ3v) is 4.01. The molecular formula is C18H26ClFN4O. The van der Waals surface area contributed by atoms with Crippen LogP contribution in [-0.4, -0.2) is 21.7 Å². The molecule has 0 saturated carbocycles. The van der Waals surface area contributed by atoms with Crippen LogP contribution in [0.5, 0.6) is 0 Å². The second-order valence-corrected chi connectivity index (χ2v) is 6.54. The molecule has 0 aliphatic heterocycles. The summed E-state index contributed by atoms with van der Waals surface area (Å²) in [4.78, 5) is 12.2. The van der Waals surface area contributed by atoms with E-state index in [1.807, 2.05) is 27.7 Å². The molecule has 7 heteroatoms. The molecule has 1 amide bonds. The molecule has 138 valence electrons. The quantitative estimate of drug-likeness (QED) is 0.821. The Morgan fingerprint density at radius 3 is 2.44 bits per heavy atom. The Labute approximate surface area is 154 Å². The molecule has 1 unspecified atom stereocenters. The van der Waals surface area contributed by atoms with Crippen molar-refractivity contribution in [2.24, 2.45) is 11.7 Å². The van der Waals surface area contributed by atoms with Gasteiger partial charge >= 0.3 is 0 Å². The fraction of sp³-hybridized carbons (Fsp3) is 0.444. The van der Waals surface area contributed by atoms with Gasteiger partial charge in [0.15, 0.2) is 0 Å². The van der Waals surface area contributed by atoms with Crippen LogP contribution >= 0.6 is 12.4 Å². The summed E-state index contributed by atoms with van der Waals surface area (Å²) in [5.74, 6) is -0.0855. The van der Waals surface area contributed by atoms with Crippen LogP contribution in [0.4, 0.5) is 4.39 Å². The molecule has 2 aromatic rings. The first-order valence-electron chi connectivity index (χ1n) is 8.16. The van der Waals surface area contributed by atoms with Gasteiger partial charge in [0.05, 0.1) is 24.0 Å². The monoisotopic (exact) mass is 368 g/mol. The van der Waals surface area contributed by atoms with Gasteiger partial charge in [-0.05, 0) is 50.5 Å². The minimum absolute atomic E-state index is 0. The Morgan fingerprint density at radius 2 is 1.88 bits per heavy atom. The Hall–Kier alpha value is -1.92. The molecule has 2 rings (SSSR count). The van der Waals surface area contributed by atoms with E-state index in [-0.39, 0.29) is 30.2 Å². The number of benzene rings is 1. The number of nitrogens with one attached hydrogen (secondary N) is 1. The number of rotatable bonds is 6. The summed E-state index contributed by atoms with van der Waals surface area (Å²) < 4.78 is 14.8. The highest BCUT2D eigenvalue weighted by molar-refractivity contribution is 5.85. The lowest BCUT2D eigenvalue weighted by Gasteiger charge is -2.18. The lowest BCUT2D eigenvalue weighted by Crippen LogP contribution is -2.42. The Balaban J connectivity index is 0.00000312. The summed E-state index contributed by atoms with van der Waals surface area (Å²) in [5.41, 5.74) is 8.50. The predicted molar refractivity (Wildman–Crippen MR) is 99.5 cm³/mol. The van der Waals surface area contributed by atoms with Gasteiger partial charge in [-0.3, -0.25) is 4.79 Å². The standard InChI is InChI=1S/C18H25FN4O.ClH/c1-11(2)9-17(20)18(24)22-12(3)16-10-21-23(13(16)4)15-7-5-14(19)6-8-15;/h5-8,10-12,17H,9,20H2,1-4H3,(H,22,24);1H/t12?,17-;/m0./s1. The molecule has 25 heavy (non-hydrogen) atoms. The molecule has 1 heterocycles. The first-order valence-corrected chi connectivity index (χ1v) is 8.16. The average molecular weight is 369 g/mol. The van der Waals surface area contributed by atoms with E-state index in [1.54, 1.807) is 23.0 Å². The minimum Gasteiger partial charge on any atom is -0.348 e. The molecule has 5 nitrogen and oxygen atoms in total. The van der Waals surface area contributed by atoms with E-state index in [0.29, 0.717) is 12.3 Å². The van der Waals surface area contributed by atoms with Gasteiger partial charge in [0, 0.05) is 11.3 Å². The Bertz CT molecular complexity index is 700. The first kappa shape index (κ1) is 21.1. The van der Waals surface area contributed by atoms with Crippen molar-refractivity contribution in [1.29, 1.82) is 0 Å². The van der Waals surface area contributed by atoms with E-state index in [2.05, 4.69) is 10.4 Å². The van der Waals surface area contributed by atoms with E-state index in [4.69, 9.17) is 5.73 Å². The fourth-order valence-corrected chi connectivity index (χ4v) is 2.70. The van der Waals surface area contributed by atoms with E-state index in [9.17, 15) is 9.18 Å². The number of hydrogen-bond acceptors (Lipinski definition) is 3. The topological polar surface area (TPSA) is 72.9 Å². The average Bonchev–Trinajstić information content (AvgIpc) is 2.89. The fourth-order valence-electron chi connectivity index (χ4n) is 2.70. The largest absolute Gasteiger partial charge is 0.348 e. The van der Waals surface area contributed by atoms with Crippen LogP contribution in [-0.2, 0) is 4.79 Å². The molecule has 3 N–H and O–H groups in total. The minimum atomic E-state index is -0.514. The number of hydrogen-bond donors (Lipinski definition) is 2. The van der Waals surface area contributed by atoms with Gasteiger partial charge in [-0.25, -0.2) is 9.07 Å². The summed E-state index contributed by atoms with van der Waals surface area (Å²) in [5, 5.41) is 7.29. The zero-order chi connectivity index (χ0) is 17.9. The molecule has 0 radical (unpaired) electrons. The van der Waals surface area contributed by atoms with E-state index >= 15 is 0 Å². The van der Waals surface area contributed by atoms with Gasteiger partial charge in [0.25, 0.3) is 0 Å². The number of carbonyl (C=O) groups is 1.